The molecule has 0 unspecified atom stereocenters. The number of nitrogens with one attached hydrogen (secondary N) is 1. The summed E-state index contributed by atoms with van der Waals surface area (Å²) in [7, 11) is 0. The van der Waals surface area contributed by atoms with Crippen molar-refractivity contribution in [1.82, 2.24) is 15.5 Å². The quantitative estimate of drug-likeness (QED) is 0.608. The van der Waals surface area contributed by atoms with Crippen LogP contribution < -0.4 is 5.32 Å². The Balaban J connectivity index is 2.14. The maximum atomic E-state index is 11.3. The van der Waals surface area contributed by atoms with E-state index in [1.165, 1.54) is 0 Å². The van der Waals surface area contributed by atoms with Crippen LogP contribution in [-0.4, -0.2) is 34.8 Å². The first kappa shape index (κ1) is 13.6. The highest BCUT2D eigenvalue weighted by Gasteiger charge is 2.15. The molecule has 1 aromatic rings. The van der Waals surface area contributed by atoms with Gasteiger partial charge in [0.05, 0.1) is 6.54 Å². The van der Waals surface area contributed by atoms with Gasteiger partial charge >= 0.3 is 5.97 Å². The van der Waals surface area contributed by atoms with Gasteiger partial charge in [-0.1, -0.05) is 5.16 Å². The van der Waals surface area contributed by atoms with Gasteiger partial charge < -0.3 is 14.6 Å². The molecule has 0 spiro atoms. The van der Waals surface area contributed by atoms with Gasteiger partial charge in [-0.05, 0) is 27.7 Å². The number of rotatable bonds is 5. The molecule has 0 aliphatic carbocycles. The van der Waals surface area contributed by atoms with E-state index in [4.69, 9.17) is 9.26 Å². The van der Waals surface area contributed by atoms with Crippen molar-refractivity contribution >= 4 is 5.97 Å². The van der Waals surface area contributed by atoms with Crippen molar-refractivity contribution in [2.24, 2.45) is 0 Å². The van der Waals surface area contributed by atoms with Crippen molar-refractivity contribution in [3.63, 3.8) is 0 Å². The number of aryl methyl sites for hydroxylation is 1. The van der Waals surface area contributed by atoms with Crippen LogP contribution in [-0.2, 0) is 16.0 Å². The zero-order chi connectivity index (χ0) is 12.9. The molecule has 6 nitrogen and oxygen atoms in total. The first-order valence-corrected chi connectivity index (χ1v) is 5.58. The van der Waals surface area contributed by atoms with Crippen LogP contribution in [0.25, 0.3) is 0 Å². The van der Waals surface area contributed by atoms with Crippen LogP contribution in [0.3, 0.4) is 0 Å². The molecule has 0 aliphatic rings. The summed E-state index contributed by atoms with van der Waals surface area (Å²) in [5.41, 5.74) is -0.442. The molecular formula is C11H19N3O3. The number of hydrogen-bond donors (Lipinski definition) is 1. The van der Waals surface area contributed by atoms with Crippen molar-refractivity contribution in [3.8, 4) is 0 Å². The van der Waals surface area contributed by atoms with Gasteiger partial charge in [-0.15, -0.1) is 0 Å². The summed E-state index contributed by atoms with van der Waals surface area (Å²) in [5.74, 6) is 0.922. The van der Waals surface area contributed by atoms with Gasteiger partial charge in [0, 0.05) is 13.0 Å². The van der Waals surface area contributed by atoms with Crippen molar-refractivity contribution < 1.29 is 14.1 Å². The summed E-state index contributed by atoms with van der Waals surface area (Å²) in [6, 6.07) is 0. The van der Waals surface area contributed by atoms with E-state index in [9.17, 15) is 4.79 Å². The topological polar surface area (TPSA) is 77.2 Å². The summed E-state index contributed by atoms with van der Waals surface area (Å²) in [5, 5.41) is 6.64. The van der Waals surface area contributed by atoms with Gasteiger partial charge in [0.1, 0.15) is 5.60 Å². The van der Waals surface area contributed by atoms with Gasteiger partial charge in [0.25, 0.3) is 0 Å². The normalized spacial score (nSPS) is 11.5. The molecule has 0 saturated carbocycles. The molecule has 0 amide bonds. The van der Waals surface area contributed by atoms with E-state index in [1.807, 2.05) is 20.8 Å². The van der Waals surface area contributed by atoms with Crippen LogP contribution in [0.5, 0.6) is 0 Å². The van der Waals surface area contributed by atoms with E-state index in [1.54, 1.807) is 6.92 Å². The predicted molar refractivity (Wildman–Crippen MR) is 61.5 cm³/mol. The summed E-state index contributed by atoms with van der Waals surface area (Å²) in [4.78, 5) is 15.4. The highest BCUT2D eigenvalue weighted by atomic mass is 16.6. The van der Waals surface area contributed by atoms with Crippen LogP contribution in [0.4, 0.5) is 0 Å². The van der Waals surface area contributed by atoms with Gasteiger partial charge in [-0.25, -0.2) is 0 Å². The van der Waals surface area contributed by atoms with Crippen molar-refractivity contribution in [3.05, 3.63) is 11.7 Å². The minimum Gasteiger partial charge on any atom is -0.459 e. The third kappa shape index (κ3) is 6.01. The van der Waals surface area contributed by atoms with Crippen LogP contribution >= 0.6 is 0 Å². The summed E-state index contributed by atoms with van der Waals surface area (Å²) in [6.07, 6.45) is 0.601. The number of carbonyl (C=O) groups excluding carboxylic acids is 1. The second-order valence-electron chi connectivity index (χ2n) is 4.75. The largest absolute Gasteiger partial charge is 0.459 e. The number of carbonyl (C=O) groups is 1. The van der Waals surface area contributed by atoms with Crippen LogP contribution in [0.15, 0.2) is 4.52 Å². The maximum absolute atomic E-state index is 11.3. The number of aromatic nitrogens is 2. The lowest BCUT2D eigenvalue weighted by Gasteiger charge is -2.19. The molecule has 96 valence electrons. The van der Waals surface area contributed by atoms with Crippen LogP contribution in [0, 0.1) is 6.92 Å². The predicted octanol–water partition coefficient (Wildman–Crippen LogP) is 0.852. The highest BCUT2D eigenvalue weighted by molar-refractivity contribution is 5.72. The van der Waals surface area contributed by atoms with Crippen molar-refractivity contribution in [2.45, 2.75) is 39.7 Å². The Bertz CT molecular complexity index is 368. The molecule has 17 heavy (non-hydrogen) atoms. The molecular weight excluding hydrogens is 222 g/mol. The maximum Gasteiger partial charge on any atom is 0.320 e. The van der Waals surface area contributed by atoms with E-state index in [2.05, 4.69) is 15.5 Å². The van der Waals surface area contributed by atoms with E-state index in [0.717, 1.165) is 0 Å². The molecule has 1 heterocycles. The molecule has 0 radical (unpaired) electrons. The summed E-state index contributed by atoms with van der Waals surface area (Å²) >= 11 is 0. The van der Waals surface area contributed by atoms with Crippen LogP contribution in [0.1, 0.15) is 32.5 Å². The fourth-order valence-corrected chi connectivity index (χ4v) is 1.20. The SMILES string of the molecule is Cc1noc(CCNCC(=O)OC(C)(C)C)n1. The third-order valence-electron chi connectivity index (χ3n) is 1.77. The summed E-state index contributed by atoms with van der Waals surface area (Å²) in [6.45, 7) is 8.07. The lowest BCUT2D eigenvalue weighted by Crippen LogP contribution is -2.32. The first-order valence-electron chi connectivity index (χ1n) is 5.58. The minimum absolute atomic E-state index is 0.185. The van der Waals surface area contributed by atoms with Gasteiger partial charge in [0.15, 0.2) is 5.82 Å². The Kier molecular flexibility index (Phi) is 4.62. The van der Waals surface area contributed by atoms with Crippen LogP contribution in [0.2, 0.25) is 0 Å². The zero-order valence-electron chi connectivity index (χ0n) is 10.7. The van der Waals surface area contributed by atoms with E-state index < -0.39 is 5.60 Å². The number of hydrogen-bond acceptors (Lipinski definition) is 6. The lowest BCUT2D eigenvalue weighted by molar-refractivity contribution is -0.153. The molecule has 0 saturated heterocycles. The first-order chi connectivity index (χ1) is 7.87. The lowest BCUT2D eigenvalue weighted by atomic mass is 10.2. The molecule has 0 fully saturated rings. The Morgan fingerprint density at radius 1 is 1.47 bits per heavy atom. The van der Waals surface area contributed by atoms with Gasteiger partial charge in [0.2, 0.25) is 5.89 Å². The Hall–Kier alpha value is -1.43. The molecule has 0 aromatic carbocycles. The van der Waals surface area contributed by atoms with E-state index in [0.29, 0.717) is 24.7 Å². The number of ether oxygens (including phenoxy) is 1. The fraction of sp³-hybridized carbons (Fsp3) is 0.727. The average molecular weight is 241 g/mol. The molecule has 1 rings (SSSR count). The number of esters is 1. The molecule has 0 bridgehead atoms. The Labute approximate surface area is 101 Å². The Morgan fingerprint density at radius 3 is 2.71 bits per heavy atom. The molecule has 0 aliphatic heterocycles. The standard InChI is InChI=1S/C11H19N3O3/c1-8-13-9(17-14-8)5-6-12-7-10(15)16-11(2,3)4/h12H,5-7H2,1-4H3. The fourth-order valence-electron chi connectivity index (χ4n) is 1.20. The van der Waals surface area contributed by atoms with E-state index >= 15 is 0 Å². The molecule has 1 N–H and O–H groups in total. The second-order valence-corrected chi connectivity index (χ2v) is 4.75. The van der Waals surface area contributed by atoms with Gasteiger partial charge in [-0.3, -0.25) is 4.79 Å². The Morgan fingerprint density at radius 2 is 2.18 bits per heavy atom. The second kappa shape index (κ2) is 5.77. The highest BCUT2D eigenvalue weighted by Crippen LogP contribution is 2.06. The number of nitrogens with zero attached hydrogens (tertiary/aromatic N) is 2. The third-order valence-corrected chi connectivity index (χ3v) is 1.77. The smallest absolute Gasteiger partial charge is 0.320 e. The van der Waals surface area contributed by atoms with Gasteiger partial charge in [-0.2, -0.15) is 4.98 Å². The monoisotopic (exact) mass is 241 g/mol. The van der Waals surface area contributed by atoms with Crippen molar-refractivity contribution in [1.29, 1.82) is 0 Å². The molecule has 1 aromatic heterocycles. The zero-order valence-corrected chi connectivity index (χ0v) is 10.7. The van der Waals surface area contributed by atoms with E-state index in [-0.39, 0.29) is 12.5 Å². The average Bonchev–Trinajstić information content (AvgIpc) is 2.56. The summed E-state index contributed by atoms with van der Waals surface area (Å²) < 4.78 is 10.1. The van der Waals surface area contributed by atoms with Crippen molar-refractivity contribution in [2.75, 3.05) is 13.1 Å². The molecule has 6 heteroatoms. The molecule has 0 atom stereocenters. The minimum atomic E-state index is -0.442.